The van der Waals surface area contributed by atoms with E-state index in [-0.39, 0.29) is 47.7 Å². The molecule has 7 heteroatoms. The first-order chi connectivity index (χ1) is 9.83. The molecule has 1 saturated heterocycles. The highest BCUT2D eigenvalue weighted by Crippen LogP contribution is 2.31. The Hall–Kier alpha value is -0.0700. The molecule has 1 aliphatic heterocycles. The Kier molecular flexibility index (Phi) is 9.39. The average molecular weight is 370 g/mol. The molecule has 1 amide bonds. The van der Waals surface area contributed by atoms with Gasteiger partial charge in [0.25, 0.3) is 0 Å². The number of hydrogen-bond acceptors (Lipinski definition) is 4. The molecule has 0 aromatic heterocycles. The van der Waals surface area contributed by atoms with Crippen LogP contribution in [-0.4, -0.2) is 54.7 Å². The largest absolute Gasteiger partial charge is 0.379 e. The number of ether oxygens (including phenoxy) is 1. The molecule has 0 spiro atoms. The molecule has 2 aliphatic rings. The van der Waals surface area contributed by atoms with E-state index in [2.05, 4.69) is 24.1 Å². The van der Waals surface area contributed by atoms with Gasteiger partial charge in [-0.1, -0.05) is 12.8 Å². The minimum atomic E-state index is -0.356. The first-order valence-corrected chi connectivity index (χ1v) is 8.22. The number of amides is 1. The van der Waals surface area contributed by atoms with Gasteiger partial charge in [-0.2, -0.15) is 0 Å². The topological polar surface area (TPSA) is 67.6 Å². The summed E-state index contributed by atoms with van der Waals surface area (Å²) >= 11 is 0. The summed E-state index contributed by atoms with van der Waals surface area (Å²) in [6.07, 6.45) is 4.10. The Morgan fingerprint density at radius 1 is 1.30 bits per heavy atom. The van der Waals surface area contributed by atoms with E-state index < -0.39 is 0 Å². The summed E-state index contributed by atoms with van der Waals surface area (Å²) in [7, 11) is 0. The summed E-state index contributed by atoms with van der Waals surface area (Å²) in [5.74, 6) is 0.0766. The molecule has 2 rings (SSSR count). The van der Waals surface area contributed by atoms with Crippen molar-refractivity contribution >= 4 is 30.7 Å². The van der Waals surface area contributed by atoms with E-state index in [0.29, 0.717) is 6.54 Å². The Labute approximate surface area is 152 Å². The minimum absolute atomic E-state index is 0. The van der Waals surface area contributed by atoms with Crippen LogP contribution in [-0.2, 0) is 9.53 Å². The highest BCUT2D eigenvalue weighted by atomic mass is 35.5. The Morgan fingerprint density at radius 3 is 2.48 bits per heavy atom. The lowest BCUT2D eigenvalue weighted by Gasteiger charge is -2.42. The van der Waals surface area contributed by atoms with Crippen LogP contribution in [0.2, 0.25) is 0 Å². The van der Waals surface area contributed by atoms with Gasteiger partial charge in [0.15, 0.2) is 0 Å². The summed E-state index contributed by atoms with van der Waals surface area (Å²) in [4.78, 5) is 14.9. The van der Waals surface area contributed by atoms with Crippen molar-refractivity contribution < 1.29 is 9.53 Å². The molecule has 1 saturated carbocycles. The highest BCUT2D eigenvalue weighted by molar-refractivity contribution is 5.85. The van der Waals surface area contributed by atoms with Crippen LogP contribution in [0.5, 0.6) is 0 Å². The summed E-state index contributed by atoms with van der Waals surface area (Å²) < 4.78 is 5.40. The van der Waals surface area contributed by atoms with Gasteiger partial charge in [0.2, 0.25) is 5.91 Å². The van der Waals surface area contributed by atoms with Crippen molar-refractivity contribution in [1.82, 2.24) is 10.2 Å². The monoisotopic (exact) mass is 369 g/mol. The van der Waals surface area contributed by atoms with E-state index >= 15 is 0 Å². The molecule has 23 heavy (non-hydrogen) atoms. The normalized spacial score (nSPS) is 29.1. The quantitative estimate of drug-likeness (QED) is 0.794. The number of morpholine rings is 1. The first kappa shape index (κ1) is 22.9. The second-order valence-corrected chi connectivity index (χ2v) is 7.43. The number of halogens is 2. The van der Waals surface area contributed by atoms with Crippen molar-refractivity contribution in [2.75, 3.05) is 32.8 Å². The van der Waals surface area contributed by atoms with Crippen LogP contribution in [0.15, 0.2) is 0 Å². The maximum atomic E-state index is 12.5. The molecule has 0 aromatic rings. The Morgan fingerprint density at radius 2 is 1.91 bits per heavy atom. The third-order valence-electron chi connectivity index (χ3n) is 5.13. The smallest absolute Gasteiger partial charge is 0.225 e. The Balaban J connectivity index is 0.00000242. The van der Waals surface area contributed by atoms with Crippen molar-refractivity contribution in [2.45, 2.75) is 57.5 Å². The third-order valence-corrected chi connectivity index (χ3v) is 5.13. The third kappa shape index (κ3) is 6.05. The zero-order chi connectivity index (χ0) is 15.5. The summed E-state index contributed by atoms with van der Waals surface area (Å²) in [6, 6.07) is 0. The van der Waals surface area contributed by atoms with Crippen molar-refractivity contribution in [3.8, 4) is 0 Å². The molecule has 0 aromatic carbocycles. The number of carbonyl (C=O) groups is 1. The lowest BCUT2D eigenvalue weighted by molar-refractivity contribution is -0.128. The molecule has 138 valence electrons. The highest BCUT2D eigenvalue weighted by Gasteiger charge is 2.38. The summed E-state index contributed by atoms with van der Waals surface area (Å²) in [6.45, 7) is 10.5. The number of rotatable bonds is 4. The second kappa shape index (κ2) is 9.42. The predicted molar refractivity (Wildman–Crippen MR) is 98.5 cm³/mol. The van der Waals surface area contributed by atoms with Crippen LogP contribution >= 0.6 is 24.8 Å². The number of nitrogens with zero attached hydrogens (tertiary/aromatic N) is 1. The van der Waals surface area contributed by atoms with Gasteiger partial charge >= 0.3 is 0 Å². The number of hydrogen-bond donors (Lipinski definition) is 2. The van der Waals surface area contributed by atoms with E-state index in [1.807, 2.05) is 6.92 Å². The zero-order valence-corrected chi connectivity index (χ0v) is 16.2. The van der Waals surface area contributed by atoms with Crippen molar-refractivity contribution in [3.05, 3.63) is 0 Å². The average Bonchev–Trinajstić information content (AvgIpc) is 2.45. The van der Waals surface area contributed by atoms with Gasteiger partial charge in [-0.15, -0.1) is 24.8 Å². The van der Waals surface area contributed by atoms with E-state index in [9.17, 15) is 4.79 Å². The molecule has 1 heterocycles. The second-order valence-electron chi connectivity index (χ2n) is 7.43. The molecule has 0 radical (unpaired) electrons. The standard InChI is InChI=1S/C16H31N3O2.2ClH/c1-15(2,19-8-10-21-11-9-19)12-18-14(20)13-6-4-5-7-16(13,3)17;;/h13H,4-12,17H2,1-3H3,(H,18,20);2*1H. The molecule has 0 bridgehead atoms. The van der Waals surface area contributed by atoms with Crippen molar-refractivity contribution in [3.63, 3.8) is 0 Å². The maximum absolute atomic E-state index is 12.5. The van der Waals surface area contributed by atoms with Gasteiger partial charge in [0, 0.05) is 30.7 Å². The van der Waals surface area contributed by atoms with E-state index in [0.717, 1.165) is 52.0 Å². The molecule has 2 unspecified atom stereocenters. The molecular weight excluding hydrogens is 337 g/mol. The molecule has 5 nitrogen and oxygen atoms in total. The van der Waals surface area contributed by atoms with E-state index in [1.54, 1.807) is 0 Å². The van der Waals surface area contributed by atoms with Gasteiger partial charge in [0.1, 0.15) is 0 Å². The zero-order valence-electron chi connectivity index (χ0n) is 14.6. The van der Waals surface area contributed by atoms with Crippen LogP contribution in [0.4, 0.5) is 0 Å². The van der Waals surface area contributed by atoms with Gasteiger partial charge in [-0.3, -0.25) is 9.69 Å². The van der Waals surface area contributed by atoms with E-state index in [4.69, 9.17) is 10.5 Å². The van der Waals surface area contributed by atoms with Crippen LogP contribution < -0.4 is 11.1 Å². The predicted octanol–water partition coefficient (Wildman–Crippen LogP) is 1.96. The Bertz CT molecular complexity index is 372. The van der Waals surface area contributed by atoms with Gasteiger partial charge in [-0.25, -0.2) is 0 Å². The van der Waals surface area contributed by atoms with Crippen LogP contribution in [0, 0.1) is 5.92 Å². The fraction of sp³-hybridized carbons (Fsp3) is 0.938. The fourth-order valence-corrected chi connectivity index (χ4v) is 3.50. The van der Waals surface area contributed by atoms with Gasteiger partial charge < -0.3 is 15.8 Å². The van der Waals surface area contributed by atoms with Crippen LogP contribution in [0.3, 0.4) is 0 Å². The SMILES string of the molecule is CC1(N)CCCCC1C(=O)NCC(C)(C)N1CCOCC1.Cl.Cl. The fourth-order valence-electron chi connectivity index (χ4n) is 3.50. The number of carbonyl (C=O) groups excluding carboxylic acids is 1. The summed E-state index contributed by atoms with van der Waals surface area (Å²) in [5.41, 5.74) is 5.92. The molecule has 1 aliphatic carbocycles. The molecule has 3 N–H and O–H groups in total. The lowest BCUT2D eigenvalue weighted by atomic mass is 9.74. The summed E-state index contributed by atoms with van der Waals surface area (Å²) in [5, 5.41) is 3.14. The molecule has 2 fully saturated rings. The molecule has 2 atom stereocenters. The van der Waals surface area contributed by atoms with Gasteiger partial charge in [0.05, 0.1) is 19.1 Å². The van der Waals surface area contributed by atoms with Crippen molar-refractivity contribution in [1.29, 1.82) is 0 Å². The number of nitrogens with two attached hydrogens (primary N) is 1. The van der Waals surface area contributed by atoms with Crippen LogP contribution in [0.1, 0.15) is 46.5 Å². The number of nitrogens with one attached hydrogen (secondary N) is 1. The van der Waals surface area contributed by atoms with Crippen molar-refractivity contribution in [2.24, 2.45) is 11.7 Å². The maximum Gasteiger partial charge on any atom is 0.225 e. The van der Waals surface area contributed by atoms with Gasteiger partial charge in [-0.05, 0) is 33.6 Å². The first-order valence-electron chi connectivity index (χ1n) is 8.22. The van der Waals surface area contributed by atoms with E-state index in [1.165, 1.54) is 0 Å². The lowest BCUT2D eigenvalue weighted by Crippen LogP contribution is -2.58. The molecular formula is C16H33Cl2N3O2. The minimum Gasteiger partial charge on any atom is -0.379 e. The van der Waals surface area contributed by atoms with Crippen LogP contribution in [0.25, 0.3) is 0 Å².